The van der Waals surface area contributed by atoms with Crippen molar-refractivity contribution in [1.29, 1.82) is 0 Å². The van der Waals surface area contributed by atoms with E-state index >= 15 is 0 Å². The topological polar surface area (TPSA) is 61.4 Å². The average Bonchev–Trinajstić information content (AvgIpc) is 2.67. The zero-order chi connectivity index (χ0) is 19.2. The fourth-order valence-corrected chi connectivity index (χ4v) is 3.78. The number of carbonyl (C=O) groups excluding carboxylic acids is 2. The smallest absolute Gasteiger partial charge is 0.255 e. The number of rotatable bonds is 5. The molecule has 27 heavy (non-hydrogen) atoms. The summed E-state index contributed by atoms with van der Waals surface area (Å²) in [5.74, 6) is -0.208. The molecule has 142 valence electrons. The van der Waals surface area contributed by atoms with E-state index in [9.17, 15) is 9.59 Å². The highest BCUT2D eigenvalue weighted by Gasteiger charge is 2.21. The van der Waals surface area contributed by atoms with E-state index in [0.29, 0.717) is 16.3 Å². The Bertz CT molecular complexity index is 838. The van der Waals surface area contributed by atoms with Crippen LogP contribution in [0.3, 0.4) is 0 Å². The molecule has 0 saturated carbocycles. The maximum atomic E-state index is 12.8. The molecule has 3 rings (SSSR count). The van der Waals surface area contributed by atoms with E-state index in [-0.39, 0.29) is 18.4 Å². The standard InChI is InChI=1S/C20H21ClIN3O2/c21-14-7-8-17(20(27)25-9-2-1-3-10-25)18(11-14)23-13-19(26)24-16-6-4-5-15(22)12-16/h4-8,11-12,23H,1-3,9-10,13H2,(H,24,26). The molecule has 0 radical (unpaired) electrons. The molecule has 0 spiro atoms. The minimum absolute atomic E-state index is 0.0214. The van der Waals surface area contributed by atoms with E-state index in [4.69, 9.17) is 11.6 Å². The summed E-state index contributed by atoms with van der Waals surface area (Å²) in [6.07, 6.45) is 3.22. The van der Waals surface area contributed by atoms with Gasteiger partial charge in [0.25, 0.3) is 5.91 Å². The lowest BCUT2D eigenvalue weighted by molar-refractivity contribution is -0.114. The van der Waals surface area contributed by atoms with Crippen molar-refractivity contribution in [3.05, 3.63) is 56.6 Å². The van der Waals surface area contributed by atoms with Gasteiger partial charge >= 0.3 is 0 Å². The third-order valence-corrected chi connectivity index (χ3v) is 5.31. The number of piperidine rings is 1. The van der Waals surface area contributed by atoms with Gasteiger partial charge in [0, 0.05) is 33.1 Å². The lowest BCUT2D eigenvalue weighted by Gasteiger charge is -2.27. The lowest BCUT2D eigenvalue weighted by atomic mass is 10.1. The van der Waals surface area contributed by atoms with Crippen LogP contribution in [0.5, 0.6) is 0 Å². The number of likely N-dealkylation sites (tertiary alicyclic amines) is 1. The molecule has 1 aliphatic rings. The molecule has 0 unspecified atom stereocenters. The van der Waals surface area contributed by atoms with Crippen molar-refractivity contribution in [2.24, 2.45) is 0 Å². The van der Waals surface area contributed by atoms with Gasteiger partial charge < -0.3 is 15.5 Å². The van der Waals surface area contributed by atoms with Crippen LogP contribution >= 0.6 is 34.2 Å². The summed E-state index contributed by atoms with van der Waals surface area (Å²) in [6, 6.07) is 12.7. The van der Waals surface area contributed by atoms with Gasteiger partial charge in [-0.05, 0) is 78.3 Å². The Morgan fingerprint density at radius 3 is 2.59 bits per heavy atom. The largest absolute Gasteiger partial charge is 0.375 e. The molecule has 1 fully saturated rings. The molecule has 2 aromatic rings. The van der Waals surface area contributed by atoms with Gasteiger partial charge in [0.05, 0.1) is 12.1 Å². The van der Waals surface area contributed by atoms with Crippen LogP contribution in [0.2, 0.25) is 5.02 Å². The van der Waals surface area contributed by atoms with Gasteiger partial charge in [-0.2, -0.15) is 0 Å². The van der Waals surface area contributed by atoms with Crippen molar-refractivity contribution in [2.45, 2.75) is 19.3 Å². The summed E-state index contributed by atoms with van der Waals surface area (Å²) in [6.45, 7) is 1.59. The Morgan fingerprint density at radius 2 is 1.85 bits per heavy atom. The third kappa shape index (κ3) is 5.59. The van der Waals surface area contributed by atoms with Crippen LogP contribution in [0.15, 0.2) is 42.5 Å². The molecular formula is C20H21ClIN3O2. The van der Waals surface area contributed by atoms with Crippen molar-refractivity contribution in [3.8, 4) is 0 Å². The maximum Gasteiger partial charge on any atom is 0.255 e. The summed E-state index contributed by atoms with van der Waals surface area (Å²) >= 11 is 8.30. The minimum Gasteiger partial charge on any atom is -0.375 e. The Labute approximate surface area is 177 Å². The first-order chi connectivity index (χ1) is 13.0. The van der Waals surface area contributed by atoms with Gasteiger partial charge in [-0.1, -0.05) is 17.7 Å². The third-order valence-electron chi connectivity index (χ3n) is 4.40. The van der Waals surface area contributed by atoms with E-state index in [0.717, 1.165) is 41.6 Å². The summed E-state index contributed by atoms with van der Waals surface area (Å²) in [5, 5.41) is 6.43. The summed E-state index contributed by atoms with van der Waals surface area (Å²) < 4.78 is 1.04. The second kappa shape index (κ2) is 9.41. The van der Waals surface area contributed by atoms with E-state index in [1.54, 1.807) is 18.2 Å². The van der Waals surface area contributed by atoms with Crippen LogP contribution in [0.1, 0.15) is 29.6 Å². The van der Waals surface area contributed by atoms with E-state index in [1.807, 2.05) is 29.2 Å². The van der Waals surface area contributed by atoms with Crippen LogP contribution in [-0.4, -0.2) is 36.3 Å². The SMILES string of the molecule is O=C(CNc1cc(Cl)ccc1C(=O)N1CCCCC1)Nc1cccc(I)c1. The van der Waals surface area contributed by atoms with Crippen molar-refractivity contribution in [3.63, 3.8) is 0 Å². The number of nitrogens with one attached hydrogen (secondary N) is 2. The first kappa shape index (κ1) is 19.9. The van der Waals surface area contributed by atoms with Crippen molar-refractivity contribution >= 4 is 57.4 Å². The van der Waals surface area contributed by atoms with Gasteiger partial charge in [0.1, 0.15) is 0 Å². The number of benzene rings is 2. The minimum atomic E-state index is -0.187. The first-order valence-corrected chi connectivity index (χ1v) is 10.4. The van der Waals surface area contributed by atoms with Gasteiger partial charge in [-0.3, -0.25) is 9.59 Å². The molecule has 1 heterocycles. The van der Waals surface area contributed by atoms with Gasteiger partial charge in [-0.15, -0.1) is 0 Å². The van der Waals surface area contributed by atoms with Gasteiger partial charge in [0.15, 0.2) is 0 Å². The van der Waals surface area contributed by atoms with Gasteiger partial charge in [-0.25, -0.2) is 0 Å². The summed E-state index contributed by atoms with van der Waals surface area (Å²) in [7, 11) is 0. The molecule has 2 aromatic carbocycles. The molecule has 7 heteroatoms. The van der Waals surface area contributed by atoms with Crippen LogP contribution in [0.4, 0.5) is 11.4 Å². The number of halogens is 2. The predicted octanol–water partition coefficient (Wildman–Crippen LogP) is 4.62. The Morgan fingerprint density at radius 1 is 1.07 bits per heavy atom. The second-order valence-corrected chi connectivity index (χ2v) is 8.14. The molecule has 5 nitrogen and oxygen atoms in total. The number of hydrogen-bond donors (Lipinski definition) is 2. The molecule has 2 amide bonds. The zero-order valence-electron chi connectivity index (χ0n) is 14.8. The molecule has 0 aromatic heterocycles. The quantitative estimate of drug-likeness (QED) is 0.593. The molecular weight excluding hydrogens is 477 g/mol. The highest BCUT2D eigenvalue weighted by atomic mass is 127. The van der Waals surface area contributed by atoms with E-state index in [2.05, 4.69) is 33.2 Å². The number of carbonyl (C=O) groups is 2. The Balaban J connectivity index is 1.67. The van der Waals surface area contributed by atoms with Crippen molar-refractivity contribution in [1.82, 2.24) is 4.90 Å². The molecule has 1 aliphatic heterocycles. The van der Waals surface area contributed by atoms with Crippen LogP contribution < -0.4 is 10.6 Å². The monoisotopic (exact) mass is 497 g/mol. The number of amides is 2. The first-order valence-electron chi connectivity index (χ1n) is 8.91. The maximum absolute atomic E-state index is 12.8. The van der Waals surface area contributed by atoms with Crippen molar-refractivity contribution in [2.75, 3.05) is 30.3 Å². The highest BCUT2D eigenvalue weighted by Crippen LogP contribution is 2.24. The highest BCUT2D eigenvalue weighted by molar-refractivity contribution is 14.1. The second-order valence-electron chi connectivity index (χ2n) is 6.45. The van der Waals surface area contributed by atoms with Crippen LogP contribution in [0, 0.1) is 3.57 Å². The van der Waals surface area contributed by atoms with Gasteiger partial charge in [0.2, 0.25) is 5.91 Å². The van der Waals surface area contributed by atoms with Crippen LogP contribution in [-0.2, 0) is 4.79 Å². The lowest BCUT2D eigenvalue weighted by Crippen LogP contribution is -2.36. The molecule has 0 bridgehead atoms. The molecule has 0 aliphatic carbocycles. The fourth-order valence-electron chi connectivity index (χ4n) is 3.06. The normalized spacial score (nSPS) is 13.9. The van der Waals surface area contributed by atoms with E-state index in [1.165, 1.54) is 0 Å². The summed E-state index contributed by atoms with van der Waals surface area (Å²) in [5.41, 5.74) is 1.86. The number of anilines is 2. The predicted molar refractivity (Wildman–Crippen MR) is 117 cm³/mol. The Hall–Kier alpha value is -1.80. The Kier molecular flexibility index (Phi) is 6.95. The van der Waals surface area contributed by atoms with Crippen LogP contribution in [0.25, 0.3) is 0 Å². The fraction of sp³-hybridized carbons (Fsp3) is 0.300. The number of nitrogens with zero attached hydrogens (tertiary/aromatic N) is 1. The zero-order valence-corrected chi connectivity index (χ0v) is 17.7. The van der Waals surface area contributed by atoms with E-state index < -0.39 is 0 Å². The molecule has 1 saturated heterocycles. The summed E-state index contributed by atoms with van der Waals surface area (Å²) in [4.78, 5) is 27.0. The average molecular weight is 498 g/mol. The van der Waals surface area contributed by atoms with Crippen molar-refractivity contribution < 1.29 is 9.59 Å². The molecule has 2 N–H and O–H groups in total. The molecule has 0 atom stereocenters. The number of hydrogen-bond acceptors (Lipinski definition) is 3.